The maximum atomic E-state index is 12.5. The van der Waals surface area contributed by atoms with Crippen LogP contribution >= 0.6 is 0 Å². The molecule has 0 aliphatic heterocycles. The minimum absolute atomic E-state index is 0.0117. The van der Waals surface area contributed by atoms with Crippen LogP contribution < -0.4 is 5.32 Å². The van der Waals surface area contributed by atoms with Crippen LogP contribution in [0.3, 0.4) is 0 Å². The molecule has 0 aromatic heterocycles. The van der Waals surface area contributed by atoms with Crippen LogP contribution in [0.25, 0.3) is 0 Å². The van der Waals surface area contributed by atoms with Gasteiger partial charge in [-0.05, 0) is 57.8 Å². The number of aliphatic hydroxyl groups is 2. The predicted molar refractivity (Wildman–Crippen MR) is 338 cm³/mol. The Balaban J connectivity index is 3.35. The standard InChI is InChI=1S/C71H137NO5/c1-3-5-7-9-11-13-15-17-19-35-39-43-47-51-55-59-63-69(74)68(67-73)72-70(75)64-60-56-52-48-44-40-36-33-31-29-27-25-23-21-22-24-26-28-30-32-34-38-42-46-50-54-58-62-66-77-71(76)65-61-57-53-49-45-41-37-20-18-16-14-12-10-8-6-4-2/h20,37,59,63,68-69,73-74H,3-19,21-36,38-58,60-62,64-67H2,1-2H3,(H,72,75)/b37-20-,63-59+. The van der Waals surface area contributed by atoms with Crippen LogP contribution in [0.15, 0.2) is 24.3 Å². The Morgan fingerprint density at radius 2 is 0.610 bits per heavy atom. The summed E-state index contributed by atoms with van der Waals surface area (Å²) in [6.45, 7) is 4.93. The molecule has 0 radical (unpaired) electrons. The maximum absolute atomic E-state index is 12.5. The SMILES string of the molecule is CCCCCCCCC/C=C\CCCCCCCC(=O)OCCCCCCCCCCCCCCCCCCCCCCCCCCCCCCC(=O)NC(CO)C(O)/C=C/CCCCCCCCCCCCCCCC. The quantitative estimate of drug-likeness (QED) is 0.0320. The summed E-state index contributed by atoms with van der Waals surface area (Å²) in [5, 5.41) is 23.2. The van der Waals surface area contributed by atoms with Crippen LogP contribution in [-0.2, 0) is 14.3 Å². The van der Waals surface area contributed by atoms with Crippen molar-refractivity contribution in [3.63, 3.8) is 0 Å². The Hall–Kier alpha value is -1.66. The molecule has 0 aromatic carbocycles. The van der Waals surface area contributed by atoms with Gasteiger partial charge in [0.15, 0.2) is 0 Å². The summed E-state index contributed by atoms with van der Waals surface area (Å²) >= 11 is 0. The van der Waals surface area contributed by atoms with E-state index in [1.807, 2.05) is 6.08 Å². The Bertz CT molecular complexity index is 1200. The normalized spacial score (nSPS) is 12.6. The van der Waals surface area contributed by atoms with Crippen LogP contribution in [0.1, 0.15) is 393 Å². The number of amides is 1. The summed E-state index contributed by atoms with van der Waals surface area (Å²) in [5.41, 5.74) is 0. The van der Waals surface area contributed by atoms with Crippen LogP contribution in [0.4, 0.5) is 0 Å². The lowest BCUT2D eigenvalue weighted by atomic mass is 10.0. The van der Waals surface area contributed by atoms with Gasteiger partial charge in [-0.3, -0.25) is 9.59 Å². The van der Waals surface area contributed by atoms with E-state index in [1.54, 1.807) is 6.08 Å². The van der Waals surface area contributed by atoms with Gasteiger partial charge in [-0.25, -0.2) is 0 Å². The minimum Gasteiger partial charge on any atom is -0.466 e. The number of unbranched alkanes of at least 4 members (excludes halogenated alkanes) is 53. The number of rotatable bonds is 66. The zero-order valence-corrected chi connectivity index (χ0v) is 52.2. The Morgan fingerprint density at radius 3 is 0.922 bits per heavy atom. The number of aliphatic hydroxyl groups excluding tert-OH is 2. The smallest absolute Gasteiger partial charge is 0.305 e. The molecule has 0 aromatic rings. The van der Waals surface area contributed by atoms with Gasteiger partial charge in [-0.2, -0.15) is 0 Å². The molecular formula is C71H137NO5. The first kappa shape index (κ1) is 75.3. The first-order valence-electron chi connectivity index (χ1n) is 35.1. The highest BCUT2D eigenvalue weighted by atomic mass is 16.5. The number of carbonyl (C=O) groups is 2. The van der Waals surface area contributed by atoms with Crippen molar-refractivity contribution in [3.05, 3.63) is 24.3 Å². The van der Waals surface area contributed by atoms with Crippen molar-refractivity contribution >= 4 is 11.9 Å². The molecular weight excluding hydrogens is 947 g/mol. The van der Waals surface area contributed by atoms with Crippen LogP contribution in [0, 0.1) is 0 Å². The van der Waals surface area contributed by atoms with Crippen molar-refractivity contribution in [1.29, 1.82) is 0 Å². The second-order valence-corrected chi connectivity index (χ2v) is 24.2. The lowest BCUT2D eigenvalue weighted by Gasteiger charge is -2.20. The number of allylic oxidation sites excluding steroid dienone is 3. The molecule has 456 valence electrons. The fourth-order valence-corrected chi connectivity index (χ4v) is 11.1. The second-order valence-electron chi connectivity index (χ2n) is 24.2. The van der Waals surface area contributed by atoms with Gasteiger partial charge in [-0.1, -0.05) is 346 Å². The highest BCUT2D eigenvalue weighted by Gasteiger charge is 2.18. The van der Waals surface area contributed by atoms with Crippen molar-refractivity contribution in [3.8, 4) is 0 Å². The van der Waals surface area contributed by atoms with E-state index in [4.69, 9.17) is 4.74 Å². The van der Waals surface area contributed by atoms with E-state index in [1.165, 1.54) is 321 Å². The van der Waals surface area contributed by atoms with Crippen LogP contribution in [0.2, 0.25) is 0 Å². The number of esters is 1. The highest BCUT2D eigenvalue weighted by Crippen LogP contribution is 2.19. The summed E-state index contributed by atoms with van der Waals surface area (Å²) in [6, 6.07) is -0.625. The molecule has 1 amide bonds. The van der Waals surface area contributed by atoms with Gasteiger partial charge in [0.05, 0.1) is 25.4 Å². The van der Waals surface area contributed by atoms with E-state index in [9.17, 15) is 19.8 Å². The summed E-state index contributed by atoms with van der Waals surface area (Å²) in [5.74, 6) is -0.0504. The molecule has 0 heterocycles. The lowest BCUT2D eigenvalue weighted by molar-refractivity contribution is -0.143. The highest BCUT2D eigenvalue weighted by molar-refractivity contribution is 5.76. The number of ether oxygens (including phenoxy) is 1. The van der Waals surface area contributed by atoms with Crippen molar-refractivity contribution < 1.29 is 24.5 Å². The third-order valence-corrected chi connectivity index (χ3v) is 16.5. The minimum atomic E-state index is -0.842. The van der Waals surface area contributed by atoms with E-state index in [2.05, 4.69) is 31.3 Å². The Kier molecular flexibility index (Phi) is 65.4. The second kappa shape index (κ2) is 66.8. The van der Waals surface area contributed by atoms with Crippen LogP contribution in [-0.4, -0.2) is 47.4 Å². The molecule has 6 heteroatoms. The van der Waals surface area contributed by atoms with Crippen molar-refractivity contribution in [2.75, 3.05) is 13.2 Å². The number of nitrogens with one attached hydrogen (secondary N) is 1. The number of hydrogen-bond donors (Lipinski definition) is 3. The molecule has 0 fully saturated rings. The van der Waals surface area contributed by atoms with E-state index in [-0.39, 0.29) is 18.5 Å². The van der Waals surface area contributed by atoms with E-state index >= 15 is 0 Å². The maximum Gasteiger partial charge on any atom is 0.305 e. The fraction of sp³-hybridized carbons (Fsp3) is 0.915. The van der Waals surface area contributed by atoms with Gasteiger partial charge in [0, 0.05) is 12.8 Å². The molecule has 0 rings (SSSR count). The summed E-state index contributed by atoms with van der Waals surface area (Å²) in [7, 11) is 0. The van der Waals surface area contributed by atoms with Gasteiger partial charge in [-0.15, -0.1) is 0 Å². The molecule has 0 saturated heterocycles. The van der Waals surface area contributed by atoms with Crippen molar-refractivity contribution in [2.24, 2.45) is 0 Å². The molecule has 0 spiro atoms. The number of hydrogen-bond acceptors (Lipinski definition) is 5. The van der Waals surface area contributed by atoms with Crippen molar-refractivity contribution in [2.45, 2.75) is 405 Å². The third-order valence-electron chi connectivity index (χ3n) is 16.5. The van der Waals surface area contributed by atoms with E-state index in [0.29, 0.717) is 19.4 Å². The molecule has 6 nitrogen and oxygen atoms in total. The molecule has 0 saturated carbocycles. The lowest BCUT2D eigenvalue weighted by Crippen LogP contribution is -2.45. The average Bonchev–Trinajstić information content (AvgIpc) is 3.43. The third kappa shape index (κ3) is 63.4. The molecule has 77 heavy (non-hydrogen) atoms. The summed E-state index contributed by atoms with van der Waals surface area (Å²) in [6.07, 6.45) is 84.0. The first-order valence-corrected chi connectivity index (χ1v) is 35.1. The topological polar surface area (TPSA) is 95.9 Å². The Morgan fingerprint density at radius 1 is 0.351 bits per heavy atom. The summed E-state index contributed by atoms with van der Waals surface area (Å²) < 4.78 is 5.50. The van der Waals surface area contributed by atoms with Crippen molar-refractivity contribution in [1.82, 2.24) is 5.32 Å². The molecule has 0 bridgehead atoms. The first-order chi connectivity index (χ1) is 38.0. The number of carbonyl (C=O) groups excluding carboxylic acids is 2. The monoisotopic (exact) mass is 1080 g/mol. The zero-order chi connectivity index (χ0) is 55.7. The molecule has 2 unspecified atom stereocenters. The molecule has 3 N–H and O–H groups in total. The van der Waals surface area contributed by atoms with Gasteiger partial charge in [0.2, 0.25) is 5.91 Å². The Labute approximate surface area is 481 Å². The van der Waals surface area contributed by atoms with E-state index < -0.39 is 12.1 Å². The average molecular weight is 1080 g/mol. The molecule has 2 atom stereocenters. The largest absolute Gasteiger partial charge is 0.466 e. The van der Waals surface area contributed by atoms with Gasteiger partial charge >= 0.3 is 5.97 Å². The fourth-order valence-electron chi connectivity index (χ4n) is 11.1. The summed E-state index contributed by atoms with van der Waals surface area (Å²) in [4.78, 5) is 24.6. The van der Waals surface area contributed by atoms with E-state index in [0.717, 1.165) is 44.9 Å². The molecule has 0 aliphatic rings. The van der Waals surface area contributed by atoms with Crippen LogP contribution in [0.5, 0.6) is 0 Å². The predicted octanol–water partition coefficient (Wildman–Crippen LogP) is 22.5. The van der Waals surface area contributed by atoms with Gasteiger partial charge < -0.3 is 20.3 Å². The zero-order valence-electron chi connectivity index (χ0n) is 52.2. The van der Waals surface area contributed by atoms with Gasteiger partial charge in [0.25, 0.3) is 0 Å². The molecule has 0 aliphatic carbocycles. The van der Waals surface area contributed by atoms with Gasteiger partial charge in [0.1, 0.15) is 0 Å².